The normalized spacial score (nSPS) is 14.8. The van der Waals surface area contributed by atoms with Crippen molar-refractivity contribution >= 4 is 11.7 Å². The summed E-state index contributed by atoms with van der Waals surface area (Å²) in [5.74, 6) is 1.69. The van der Waals surface area contributed by atoms with Gasteiger partial charge in [0, 0.05) is 18.2 Å². The highest BCUT2D eigenvalue weighted by Crippen LogP contribution is 2.17. The van der Waals surface area contributed by atoms with Crippen molar-refractivity contribution in [3.63, 3.8) is 0 Å². The molecule has 19 heavy (non-hydrogen) atoms. The van der Waals surface area contributed by atoms with Crippen LogP contribution in [0, 0.1) is 18.8 Å². The van der Waals surface area contributed by atoms with Crippen LogP contribution in [-0.2, 0) is 0 Å². The Bertz CT molecular complexity index is 461. The zero-order valence-corrected chi connectivity index (χ0v) is 12.1. The average molecular weight is 261 g/mol. The Labute approximate surface area is 115 Å². The van der Waals surface area contributed by atoms with Gasteiger partial charge in [-0.05, 0) is 30.9 Å². The number of aryl methyl sites for hydroxylation is 1. The van der Waals surface area contributed by atoms with Gasteiger partial charge in [0.25, 0.3) is 0 Å². The van der Waals surface area contributed by atoms with E-state index in [1.165, 1.54) is 6.08 Å². The van der Waals surface area contributed by atoms with Crippen molar-refractivity contribution in [2.75, 3.05) is 0 Å². The fourth-order valence-electron chi connectivity index (χ4n) is 1.81. The Balaban J connectivity index is 2.76. The molecule has 0 amide bonds. The lowest BCUT2D eigenvalue weighted by molar-refractivity contribution is 0.313. The Hall–Kier alpha value is -1.84. The van der Waals surface area contributed by atoms with E-state index in [0.29, 0.717) is 11.7 Å². The van der Waals surface area contributed by atoms with E-state index in [9.17, 15) is 5.11 Å². The van der Waals surface area contributed by atoms with Crippen LogP contribution in [0.25, 0.3) is 0 Å². The van der Waals surface area contributed by atoms with E-state index >= 15 is 0 Å². The van der Waals surface area contributed by atoms with Gasteiger partial charge in [-0.25, -0.2) is 9.98 Å². The van der Waals surface area contributed by atoms with Gasteiger partial charge in [-0.15, -0.1) is 0 Å². The minimum absolute atomic E-state index is 0.0831. The minimum Gasteiger partial charge on any atom is -0.512 e. The maximum absolute atomic E-state index is 9.94. The summed E-state index contributed by atoms with van der Waals surface area (Å²) in [7, 11) is 0. The molecule has 0 aromatic carbocycles. The summed E-state index contributed by atoms with van der Waals surface area (Å²) in [4.78, 5) is 8.29. The molecular formula is C15H23N3O. The molecule has 3 N–H and O–H groups in total. The Morgan fingerprint density at radius 3 is 2.63 bits per heavy atom. The molecule has 1 aromatic heterocycles. The first-order chi connectivity index (χ1) is 8.88. The van der Waals surface area contributed by atoms with Gasteiger partial charge in [0.15, 0.2) is 5.82 Å². The number of aliphatic imine (C=N–C) groups is 1. The first-order valence-electron chi connectivity index (χ1n) is 6.56. The molecule has 0 radical (unpaired) electrons. The van der Waals surface area contributed by atoms with Gasteiger partial charge in [0.2, 0.25) is 0 Å². The molecule has 0 aliphatic rings. The Kier molecular flexibility index (Phi) is 5.55. The lowest BCUT2D eigenvalue weighted by Gasteiger charge is -2.12. The highest BCUT2D eigenvalue weighted by molar-refractivity contribution is 5.93. The molecule has 0 bridgehead atoms. The van der Waals surface area contributed by atoms with E-state index in [1.54, 1.807) is 12.3 Å². The second kappa shape index (κ2) is 6.92. The molecule has 1 unspecified atom stereocenters. The molecule has 104 valence electrons. The summed E-state index contributed by atoms with van der Waals surface area (Å²) in [6.45, 7) is 8.18. The average Bonchev–Trinajstić information content (AvgIpc) is 2.31. The van der Waals surface area contributed by atoms with Gasteiger partial charge in [0.05, 0.1) is 5.76 Å². The summed E-state index contributed by atoms with van der Waals surface area (Å²) in [6.07, 6.45) is 4.16. The van der Waals surface area contributed by atoms with E-state index in [1.807, 2.05) is 19.9 Å². The van der Waals surface area contributed by atoms with Crippen LogP contribution in [0.1, 0.15) is 32.8 Å². The van der Waals surface area contributed by atoms with E-state index in [0.717, 1.165) is 12.0 Å². The van der Waals surface area contributed by atoms with Crippen LogP contribution in [0.5, 0.6) is 0 Å². The zero-order chi connectivity index (χ0) is 14.4. The number of hydrogen-bond acceptors (Lipinski definition) is 3. The summed E-state index contributed by atoms with van der Waals surface area (Å²) in [6, 6.07) is 3.72. The third-order valence-corrected chi connectivity index (χ3v) is 2.77. The van der Waals surface area contributed by atoms with Crippen LogP contribution >= 0.6 is 0 Å². The quantitative estimate of drug-likeness (QED) is 0.484. The van der Waals surface area contributed by atoms with Crippen LogP contribution in [0.2, 0.25) is 0 Å². The van der Waals surface area contributed by atoms with Crippen LogP contribution in [0.15, 0.2) is 35.2 Å². The number of allylic oxidation sites excluding steroid dienone is 1. The number of hydrogen-bond donors (Lipinski definition) is 2. The molecule has 1 rings (SSSR count). The van der Waals surface area contributed by atoms with Crippen molar-refractivity contribution in [1.82, 2.24) is 4.98 Å². The molecule has 0 aliphatic heterocycles. The van der Waals surface area contributed by atoms with Gasteiger partial charge in [-0.1, -0.05) is 26.8 Å². The zero-order valence-electron chi connectivity index (χ0n) is 12.1. The highest BCUT2D eigenvalue weighted by atomic mass is 16.3. The third-order valence-electron chi connectivity index (χ3n) is 2.77. The lowest BCUT2D eigenvalue weighted by atomic mass is 9.97. The first-order valence-corrected chi connectivity index (χ1v) is 6.56. The summed E-state index contributed by atoms with van der Waals surface area (Å²) in [5, 5.41) is 9.94. The third kappa shape index (κ3) is 5.55. The standard InChI is InChI=1S/C15H23N3O/c1-10(2)7-12(4)13(19)8-14(16)18-15-6-5-11(3)9-17-15/h5-6,8-10,12,19H,7H2,1-4H3,(H2,16,17,18). The van der Waals surface area contributed by atoms with Crippen LogP contribution in [0.3, 0.4) is 0 Å². The molecule has 1 atom stereocenters. The van der Waals surface area contributed by atoms with E-state index in [4.69, 9.17) is 5.73 Å². The first kappa shape index (κ1) is 15.2. The van der Waals surface area contributed by atoms with Gasteiger partial charge in [0.1, 0.15) is 5.84 Å². The summed E-state index contributed by atoms with van der Waals surface area (Å²) < 4.78 is 0. The van der Waals surface area contributed by atoms with Crippen molar-refractivity contribution < 1.29 is 5.11 Å². The Morgan fingerprint density at radius 2 is 2.11 bits per heavy atom. The van der Waals surface area contributed by atoms with E-state index < -0.39 is 0 Å². The maximum atomic E-state index is 9.94. The van der Waals surface area contributed by atoms with Crippen molar-refractivity contribution in [2.24, 2.45) is 22.6 Å². The second-order valence-corrected chi connectivity index (χ2v) is 5.33. The fraction of sp³-hybridized carbons (Fsp3) is 0.467. The molecule has 0 saturated carbocycles. The molecule has 4 nitrogen and oxygen atoms in total. The predicted molar refractivity (Wildman–Crippen MR) is 79.6 cm³/mol. The largest absolute Gasteiger partial charge is 0.512 e. The molecule has 0 spiro atoms. The monoisotopic (exact) mass is 261 g/mol. The Morgan fingerprint density at radius 1 is 1.42 bits per heavy atom. The molecular weight excluding hydrogens is 238 g/mol. The predicted octanol–water partition coefficient (Wildman–Crippen LogP) is 3.50. The topological polar surface area (TPSA) is 71.5 Å². The lowest BCUT2D eigenvalue weighted by Crippen LogP contribution is -2.12. The number of pyridine rings is 1. The number of aliphatic hydroxyl groups excluding tert-OH is 1. The van der Waals surface area contributed by atoms with Crippen molar-refractivity contribution in [3.8, 4) is 0 Å². The molecule has 4 heteroatoms. The number of nitrogens with two attached hydrogens (primary N) is 1. The van der Waals surface area contributed by atoms with Crippen molar-refractivity contribution in [3.05, 3.63) is 35.7 Å². The van der Waals surface area contributed by atoms with Crippen LogP contribution in [-0.4, -0.2) is 15.9 Å². The van der Waals surface area contributed by atoms with E-state index in [-0.39, 0.29) is 17.5 Å². The minimum atomic E-state index is 0.0831. The summed E-state index contributed by atoms with van der Waals surface area (Å²) >= 11 is 0. The second-order valence-electron chi connectivity index (χ2n) is 5.33. The fourth-order valence-corrected chi connectivity index (χ4v) is 1.81. The van der Waals surface area contributed by atoms with Gasteiger partial charge in [-0.3, -0.25) is 0 Å². The van der Waals surface area contributed by atoms with Crippen molar-refractivity contribution in [2.45, 2.75) is 34.1 Å². The van der Waals surface area contributed by atoms with Gasteiger partial charge >= 0.3 is 0 Å². The van der Waals surface area contributed by atoms with Gasteiger partial charge < -0.3 is 10.8 Å². The highest BCUT2D eigenvalue weighted by Gasteiger charge is 2.09. The van der Waals surface area contributed by atoms with Crippen molar-refractivity contribution in [1.29, 1.82) is 0 Å². The van der Waals surface area contributed by atoms with Crippen LogP contribution in [0.4, 0.5) is 5.82 Å². The molecule has 0 saturated heterocycles. The number of amidine groups is 1. The number of aromatic nitrogens is 1. The van der Waals surface area contributed by atoms with E-state index in [2.05, 4.69) is 23.8 Å². The number of nitrogens with zero attached hydrogens (tertiary/aromatic N) is 2. The van der Waals surface area contributed by atoms with Crippen LogP contribution < -0.4 is 5.73 Å². The smallest absolute Gasteiger partial charge is 0.154 e. The number of rotatable bonds is 5. The SMILES string of the molecule is Cc1ccc(N=C(N)C=C(O)C(C)CC(C)C)nc1. The molecule has 1 aromatic rings. The maximum Gasteiger partial charge on any atom is 0.154 e. The number of aliphatic hydroxyl groups is 1. The molecule has 0 aliphatic carbocycles. The molecule has 0 fully saturated rings. The molecule has 1 heterocycles. The van der Waals surface area contributed by atoms with Gasteiger partial charge in [-0.2, -0.15) is 0 Å². The summed E-state index contributed by atoms with van der Waals surface area (Å²) in [5.41, 5.74) is 6.86.